The summed E-state index contributed by atoms with van der Waals surface area (Å²) >= 11 is 6.28. The normalized spacial score (nSPS) is 26.9. The highest BCUT2D eigenvalue weighted by atomic mass is 35.5. The Balaban J connectivity index is 1.17. The van der Waals surface area contributed by atoms with E-state index in [1.807, 2.05) is 0 Å². The molecule has 3 heterocycles. The molecule has 1 saturated carbocycles. The number of halogens is 5. The van der Waals surface area contributed by atoms with Gasteiger partial charge < -0.3 is 15.0 Å². The quantitative estimate of drug-likeness (QED) is 0.313. The number of fused-ring (bicyclic) bond motifs is 1. The second kappa shape index (κ2) is 9.92. The van der Waals surface area contributed by atoms with Crippen LogP contribution in [-0.4, -0.2) is 75.5 Å². The molecule has 1 aromatic rings. The first kappa shape index (κ1) is 27.1. The summed E-state index contributed by atoms with van der Waals surface area (Å²) < 4.78 is 60.1. The highest BCUT2D eigenvalue weighted by Gasteiger charge is 2.59. The van der Waals surface area contributed by atoms with Crippen LogP contribution in [0.3, 0.4) is 0 Å². The Labute approximate surface area is 223 Å². The van der Waals surface area contributed by atoms with Crippen LogP contribution in [0, 0.1) is 10.7 Å². The fourth-order valence-corrected chi connectivity index (χ4v) is 5.72. The van der Waals surface area contributed by atoms with E-state index in [1.165, 1.54) is 6.07 Å². The van der Waals surface area contributed by atoms with Crippen molar-refractivity contribution in [2.75, 3.05) is 6.54 Å². The number of alkyl halides is 3. The number of hydrogen-bond acceptors (Lipinski definition) is 6. The van der Waals surface area contributed by atoms with Crippen molar-refractivity contribution in [3.05, 3.63) is 38.5 Å². The van der Waals surface area contributed by atoms with Crippen LogP contribution < -0.4 is 10.6 Å². The van der Waals surface area contributed by atoms with Crippen LogP contribution in [0.15, 0.2) is 6.07 Å². The lowest BCUT2D eigenvalue weighted by molar-refractivity contribution is -0.705. The van der Waals surface area contributed by atoms with Crippen LogP contribution in [0.5, 0.6) is 0 Å². The van der Waals surface area contributed by atoms with Crippen molar-refractivity contribution in [2.45, 2.75) is 75.6 Å². The van der Waals surface area contributed by atoms with E-state index in [1.54, 1.807) is 0 Å². The summed E-state index contributed by atoms with van der Waals surface area (Å²) in [6.45, 7) is -0.798. The summed E-state index contributed by atoms with van der Waals surface area (Å²) in [4.78, 5) is 62.2. The first-order valence-corrected chi connectivity index (χ1v) is 12.6. The Morgan fingerprint density at radius 1 is 1.23 bits per heavy atom. The smallest absolute Gasteiger partial charge is 0.414 e. The monoisotopic (exact) mass is 576 g/mol. The number of nitrogens with zero attached hydrogens (tertiary/aromatic N) is 3. The first-order chi connectivity index (χ1) is 18.3. The van der Waals surface area contributed by atoms with Crippen molar-refractivity contribution in [2.24, 2.45) is 0 Å². The number of carbonyl (C=O) groups is 4. The van der Waals surface area contributed by atoms with Gasteiger partial charge in [0.05, 0.1) is 16.5 Å². The Kier molecular flexibility index (Phi) is 6.89. The summed E-state index contributed by atoms with van der Waals surface area (Å²) in [5.74, 6) is -2.82. The molecule has 4 amide bonds. The minimum Gasteiger partial charge on any atom is -0.446 e. The van der Waals surface area contributed by atoms with E-state index in [-0.39, 0.29) is 66.9 Å². The molecule has 11 nitrogen and oxygen atoms in total. The molecule has 4 aliphatic rings. The standard InChI is InChI=1S/C23H22ClF4N5O6/c24-14-5-10(19(25)18-13(14)9-31(21(18)36)15-1-2-17(34)30-20(15)35)8-29-22(37)39-12-6-11(7-12)33-16(23(26,27)28)3-4-32(33)38/h5,11-12,15-16H,1-4,6-9H2,(H-,29,30,34,35,37)/p+1/t11?,12?,15-,16?/m0/s1. The lowest BCUT2D eigenvalue weighted by Gasteiger charge is -2.38. The van der Waals surface area contributed by atoms with Gasteiger partial charge in [0.15, 0.2) is 6.04 Å². The summed E-state index contributed by atoms with van der Waals surface area (Å²) in [6, 6.07) is -2.32. The number of amides is 4. The molecule has 0 spiro atoms. The minimum atomic E-state index is -4.55. The average Bonchev–Trinajstić information content (AvgIpc) is 3.38. The van der Waals surface area contributed by atoms with Gasteiger partial charge in [-0.2, -0.15) is 13.2 Å². The molecule has 2 saturated heterocycles. The van der Waals surface area contributed by atoms with Gasteiger partial charge in [-0.1, -0.05) is 11.6 Å². The van der Waals surface area contributed by atoms with Gasteiger partial charge in [0, 0.05) is 54.9 Å². The SMILES string of the molecule is O=C1CC[C@H](N2Cc3c(Cl)cc(CNC(=O)OC4CC(N5C(C(F)(F)F)CC[N+]5=O)C4)c(F)c3C2=O)C(=O)N1. The van der Waals surface area contributed by atoms with Gasteiger partial charge in [-0.25, -0.2) is 9.18 Å². The number of hydrogen-bond donors (Lipinski definition) is 2. The molecule has 3 fully saturated rings. The van der Waals surface area contributed by atoms with Gasteiger partial charge in [0.2, 0.25) is 18.4 Å². The Morgan fingerprint density at radius 3 is 2.62 bits per heavy atom. The Morgan fingerprint density at radius 2 is 1.95 bits per heavy atom. The second-order valence-corrected chi connectivity index (χ2v) is 10.3. The third-order valence-electron chi connectivity index (χ3n) is 7.47. The fraction of sp³-hybridized carbons (Fsp3) is 0.565. The number of benzene rings is 1. The lowest BCUT2D eigenvalue weighted by atomic mass is 9.88. The van der Waals surface area contributed by atoms with Crippen LogP contribution >= 0.6 is 11.6 Å². The van der Waals surface area contributed by atoms with Gasteiger partial charge in [0.25, 0.3) is 5.91 Å². The van der Waals surface area contributed by atoms with E-state index < -0.39 is 66.6 Å². The number of nitrogens with one attached hydrogen (secondary N) is 2. The number of carbonyl (C=O) groups excluding carboxylic acids is 4. The van der Waals surface area contributed by atoms with Crippen molar-refractivity contribution in [1.29, 1.82) is 0 Å². The van der Waals surface area contributed by atoms with Gasteiger partial charge in [-0.05, 0) is 12.5 Å². The van der Waals surface area contributed by atoms with Crippen LogP contribution in [0.1, 0.15) is 53.6 Å². The van der Waals surface area contributed by atoms with Gasteiger partial charge in [0.1, 0.15) is 22.8 Å². The molecule has 5 rings (SSSR count). The summed E-state index contributed by atoms with van der Waals surface area (Å²) in [5, 5.41) is 5.28. The predicted molar refractivity (Wildman–Crippen MR) is 122 cm³/mol. The molecule has 1 aromatic carbocycles. The Hall–Kier alpha value is -3.49. The second-order valence-electron chi connectivity index (χ2n) is 9.89. The molecule has 210 valence electrons. The number of nitroso groups, excluding NO2 is 1. The number of imide groups is 1. The largest absolute Gasteiger partial charge is 0.446 e. The van der Waals surface area contributed by atoms with Crippen molar-refractivity contribution < 1.29 is 46.3 Å². The average molecular weight is 577 g/mol. The minimum absolute atomic E-state index is 0.0296. The van der Waals surface area contributed by atoms with Crippen LogP contribution in [-0.2, 0) is 27.4 Å². The van der Waals surface area contributed by atoms with E-state index >= 15 is 4.39 Å². The third kappa shape index (κ3) is 4.99. The summed E-state index contributed by atoms with van der Waals surface area (Å²) in [6.07, 6.45) is -6.39. The van der Waals surface area contributed by atoms with Crippen molar-refractivity contribution >= 4 is 35.4 Å². The molecule has 39 heavy (non-hydrogen) atoms. The zero-order valence-corrected chi connectivity index (χ0v) is 21.0. The molecule has 0 radical (unpaired) electrons. The summed E-state index contributed by atoms with van der Waals surface area (Å²) in [7, 11) is 0. The van der Waals surface area contributed by atoms with E-state index in [0.717, 1.165) is 9.91 Å². The maximum absolute atomic E-state index is 15.3. The van der Waals surface area contributed by atoms with Gasteiger partial charge >= 0.3 is 12.3 Å². The highest BCUT2D eigenvalue weighted by Crippen LogP contribution is 2.39. The molecule has 2 atom stereocenters. The van der Waals surface area contributed by atoms with Crippen molar-refractivity contribution in [1.82, 2.24) is 20.5 Å². The molecule has 1 unspecified atom stereocenters. The molecule has 16 heteroatoms. The highest BCUT2D eigenvalue weighted by molar-refractivity contribution is 6.32. The molecule has 3 aliphatic heterocycles. The molecule has 0 aromatic heterocycles. The third-order valence-corrected chi connectivity index (χ3v) is 7.81. The molecule has 2 N–H and O–H groups in total. The maximum Gasteiger partial charge on any atom is 0.414 e. The predicted octanol–water partition coefficient (Wildman–Crippen LogP) is 2.33. The molecular formula is C23H23ClF4N5O6+. The zero-order valence-electron chi connectivity index (χ0n) is 20.2. The molecule has 0 bridgehead atoms. The Bertz CT molecular complexity index is 1270. The zero-order chi connectivity index (χ0) is 28.2. The molecule has 1 aliphatic carbocycles. The van der Waals surface area contributed by atoms with E-state index in [9.17, 15) is 37.3 Å². The maximum atomic E-state index is 15.3. The first-order valence-electron chi connectivity index (χ1n) is 12.2. The van der Waals surface area contributed by atoms with Crippen LogP contribution in [0.2, 0.25) is 5.02 Å². The lowest BCUT2D eigenvalue weighted by Crippen LogP contribution is -2.56. The van der Waals surface area contributed by atoms with Crippen LogP contribution in [0.4, 0.5) is 22.4 Å². The number of alkyl carbamates (subject to hydrolysis) is 1. The number of ether oxygens (including phenoxy) is 1. The van der Waals surface area contributed by atoms with Crippen molar-refractivity contribution in [3.8, 4) is 0 Å². The van der Waals surface area contributed by atoms with E-state index in [0.29, 0.717) is 4.87 Å². The van der Waals surface area contributed by atoms with Gasteiger partial charge in [-0.3, -0.25) is 19.7 Å². The topological polar surface area (TPSA) is 128 Å². The van der Waals surface area contributed by atoms with E-state index in [2.05, 4.69) is 10.6 Å². The summed E-state index contributed by atoms with van der Waals surface area (Å²) in [5.41, 5.74) is -0.263. The number of piperidine rings is 1. The number of hydrazine groups is 1. The van der Waals surface area contributed by atoms with Gasteiger partial charge in [-0.15, -0.1) is 5.01 Å². The van der Waals surface area contributed by atoms with Crippen LogP contribution in [0.25, 0.3) is 0 Å². The molecular weight excluding hydrogens is 554 g/mol. The van der Waals surface area contributed by atoms with Crippen molar-refractivity contribution in [3.63, 3.8) is 0 Å². The number of rotatable bonds is 5. The fourth-order valence-electron chi connectivity index (χ4n) is 5.44. The van der Waals surface area contributed by atoms with E-state index in [4.69, 9.17) is 16.3 Å².